The molecule has 4 heteroatoms. The molecule has 0 atom stereocenters. The smallest absolute Gasteiger partial charge is 0.192 e. The minimum Gasteiger partial charge on any atom is -0.492 e. The topological polar surface area (TPSA) is 44.8 Å². The lowest BCUT2D eigenvalue weighted by molar-refractivity contribution is 0.103. The van der Waals surface area contributed by atoms with Crippen molar-refractivity contribution in [2.24, 2.45) is 0 Å². The Kier molecular flexibility index (Phi) is 3.73. The SMILES string of the molecule is Cc1cccc2c1OCC/C(=C/c1ccc3c(c1)OCCO3)C2=O. The molecular weight excluding hydrogens is 304 g/mol. The summed E-state index contributed by atoms with van der Waals surface area (Å²) in [6, 6.07) is 11.4. The zero-order chi connectivity index (χ0) is 16.5. The van der Waals surface area contributed by atoms with Crippen molar-refractivity contribution in [3.8, 4) is 17.2 Å². The van der Waals surface area contributed by atoms with Crippen molar-refractivity contribution in [3.05, 3.63) is 58.7 Å². The van der Waals surface area contributed by atoms with Gasteiger partial charge in [-0.15, -0.1) is 0 Å². The number of carbonyl (C=O) groups excluding carboxylic acids is 1. The van der Waals surface area contributed by atoms with Gasteiger partial charge in [-0.25, -0.2) is 0 Å². The quantitative estimate of drug-likeness (QED) is 0.749. The first-order chi connectivity index (χ1) is 11.7. The molecule has 0 saturated heterocycles. The van der Waals surface area contributed by atoms with Crippen LogP contribution in [0.5, 0.6) is 17.2 Å². The van der Waals surface area contributed by atoms with Gasteiger partial charge in [-0.05, 0) is 42.3 Å². The Morgan fingerprint density at radius 3 is 2.67 bits per heavy atom. The summed E-state index contributed by atoms with van der Waals surface area (Å²) in [6.45, 7) is 3.58. The number of hydrogen-bond donors (Lipinski definition) is 0. The molecule has 4 nitrogen and oxygen atoms in total. The van der Waals surface area contributed by atoms with Gasteiger partial charge < -0.3 is 14.2 Å². The van der Waals surface area contributed by atoms with Crippen LogP contribution >= 0.6 is 0 Å². The van der Waals surface area contributed by atoms with Crippen LogP contribution < -0.4 is 14.2 Å². The molecule has 0 N–H and O–H groups in total. The third-order valence-electron chi connectivity index (χ3n) is 4.27. The van der Waals surface area contributed by atoms with Crippen LogP contribution in [0.25, 0.3) is 6.08 Å². The van der Waals surface area contributed by atoms with Crippen LogP contribution in [0.1, 0.15) is 27.9 Å². The lowest BCUT2D eigenvalue weighted by Crippen LogP contribution is -2.15. The van der Waals surface area contributed by atoms with Crippen molar-refractivity contribution >= 4 is 11.9 Å². The largest absolute Gasteiger partial charge is 0.492 e. The highest BCUT2D eigenvalue weighted by atomic mass is 16.6. The first-order valence-electron chi connectivity index (χ1n) is 8.10. The molecule has 0 fully saturated rings. The molecule has 0 saturated carbocycles. The molecule has 0 bridgehead atoms. The van der Waals surface area contributed by atoms with Crippen molar-refractivity contribution in [2.45, 2.75) is 13.3 Å². The van der Waals surface area contributed by atoms with E-state index >= 15 is 0 Å². The number of fused-ring (bicyclic) bond motifs is 2. The van der Waals surface area contributed by atoms with Crippen molar-refractivity contribution in [2.75, 3.05) is 19.8 Å². The summed E-state index contributed by atoms with van der Waals surface area (Å²) < 4.78 is 17.0. The molecule has 4 rings (SSSR count). The highest BCUT2D eigenvalue weighted by Gasteiger charge is 2.22. The number of hydrogen-bond acceptors (Lipinski definition) is 4. The van der Waals surface area contributed by atoms with Crippen LogP contribution in [0, 0.1) is 6.92 Å². The Bertz CT molecular complexity index is 836. The van der Waals surface area contributed by atoms with Gasteiger partial charge in [-0.3, -0.25) is 4.79 Å². The van der Waals surface area contributed by atoms with E-state index in [0.29, 0.717) is 37.6 Å². The Hall–Kier alpha value is -2.75. The number of benzene rings is 2. The van der Waals surface area contributed by atoms with E-state index in [1.807, 2.05) is 49.4 Å². The predicted octanol–water partition coefficient (Wildman–Crippen LogP) is 3.82. The number of rotatable bonds is 1. The molecule has 0 amide bonds. The molecule has 0 spiro atoms. The summed E-state index contributed by atoms with van der Waals surface area (Å²) in [6.07, 6.45) is 2.50. The summed E-state index contributed by atoms with van der Waals surface area (Å²) in [5.41, 5.74) is 3.30. The molecular formula is C20H18O4. The van der Waals surface area contributed by atoms with E-state index in [1.54, 1.807) is 0 Å². The van der Waals surface area contributed by atoms with Crippen molar-refractivity contribution in [1.29, 1.82) is 0 Å². The van der Waals surface area contributed by atoms with E-state index < -0.39 is 0 Å². The summed E-state index contributed by atoms with van der Waals surface area (Å²) in [7, 11) is 0. The molecule has 2 aromatic carbocycles. The number of ketones is 1. The first-order valence-corrected chi connectivity index (χ1v) is 8.10. The minimum atomic E-state index is 0.0288. The highest BCUT2D eigenvalue weighted by molar-refractivity contribution is 6.13. The predicted molar refractivity (Wildman–Crippen MR) is 91.0 cm³/mol. The van der Waals surface area contributed by atoms with Gasteiger partial charge >= 0.3 is 0 Å². The number of Topliss-reactive ketones (excluding diaryl/α,β-unsaturated/α-hetero) is 1. The van der Waals surface area contributed by atoms with Gasteiger partial charge in [0.1, 0.15) is 19.0 Å². The van der Waals surface area contributed by atoms with Crippen molar-refractivity contribution in [3.63, 3.8) is 0 Å². The molecule has 2 heterocycles. The summed E-state index contributed by atoms with van der Waals surface area (Å²) in [5.74, 6) is 2.21. The number of aryl methyl sites for hydroxylation is 1. The second kappa shape index (κ2) is 6.04. The number of para-hydroxylation sites is 1. The summed E-state index contributed by atoms with van der Waals surface area (Å²) >= 11 is 0. The standard InChI is InChI=1S/C20H18O4/c1-13-3-2-4-16-19(21)15(7-8-24-20(13)16)11-14-5-6-17-18(12-14)23-10-9-22-17/h2-6,11-12H,7-10H2,1H3/b15-11-. The zero-order valence-electron chi connectivity index (χ0n) is 13.5. The fraction of sp³-hybridized carbons (Fsp3) is 0.250. The van der Waals surface area contributed by atoms with Crippen LogP contribution in [-0.2, 0) is 0 Å². The normalized spacial score (nSPS) is 17.9. The Morgan fingerprint density at radius 2 is 1.79 bits per heavy atom. The van der Waals surface area contributed by atoms with Gasteiger partial charge in [0.2, 0.25) is 0 Å². The number of carbonyl (C=O) groups is 1. The molecule has 2 aromatic rings. The van der Waals surface area contributed by atoms with Crippen LogP contribution in [0.15, 0.2) is 42.0 Å². The molecule has 0 aliphatic carbocycles. The Labute approximate surface area is 140 Å². The second-order valence-electron chi connectivity index (χ2n) is 5.95. The van der Waals surface area contributed by atoms with E-state index in [0.717, 1.165) is 28.2 Å². The molecule has 0 radical (unpaired) electrons. The van der Waals surface area contributed by atoms with Gasteiger partial charge in [0, 0.05) is 12.0 Å². The average molecular weight is 322 g/mol. The zero-order valence-corrected chi connectivity index (χ0v) is 13.5. The molecule has 2 aliphatic rings. The third-order valence-corrected chi connectivity index (χ3v) is 4.27. The maximum absolute atomic E-state index is 12.9. The second-order valence-corrected chi connectivity index (χ2v) is 5.95. The molecule has 0 unspecified atom stereocenters. The van der Waals surface area contributed by atoms with Crippen LogP contribution in [-0.4, -0.2) is 25.6 Å². The molecule has 122 valence electrons. The van der Waals surface area contributed by atoms with E-state index in [1.165, 1.54) is 0 Å². The fourth-order valence-corrected chi connectivity index (χ4v) is 3.06. The maximum Gasteiger partial charge on any atom is 0.192 e. The minimum absolute atomic E-state index is 0.0288. The van der Waals surface area contributed by atoms with Gasteiger partial charge in [-0.1, -0.05) is 18.2 Å². The van der Waals surface area contributed by atoms with E-state index in [9.17, 15) is 4.79 Å². The fourth-order valence-electron chi connectivity index (χ4n) is 3.06. The van der Waals surface area contributed by atoms with E-state index in [2.05, 4.69) is 0 Å². The Balaban J connectivity index is 1.71. The van der Waals surface area contributed by atoms with Crippen molar-refractivity contribution < 1.29 is 19.0 Å². The summed E-state index contributed by atoms with van der Waals surface area (Å²) in [4.78, 5) is 12.9. The molecule has 2 aliphatic heterocycles. The van der Waals surface area contributed by atoms with Gasteiger partial charge in [0.15, 0.2) is 17.3 Å². The van der Waals surface area contributed by atoms with E-state index in [-0.39, 0.29) is 5.78 Å². The molecule has 0 aromatic heterocycles. The van der Waals surface area contributed by atoms with E-state index in [4.69, 9.17) is 14.2 Å². The lowest BCUT2D eigenvalue weighted by atomic mass is 9.97. The van der Waals surface area contributed by atoms with Gasteiger partial charge in [0.05, 0.1) is 12.2 Å². The van der Waals surface area contributed by atoms with Gasteiger partial charge in [-0.2, -0.15) is 0 Å². The third kappa shape index (κ3) is 2.64. The van der Waals surface area contributed by atoms with Gasteiger partial charge in [0.25, 0.3) is 0 Å². The van der Waals surface area contributed by atoms with Crippen molar-refractivity contribution in [1.82, 2.24) is 0 Å². The average Bonchev–Trinajstić information content (AvgIpc) is 2.76. The van der Waals surface area contributed by atoms with Crippen LogP contribution in [0.3, 0.4) is 0 Å². The molecule has 24 heavy (non-hydrogen) atoms. The summed E-state index contributed by atoms with van der Waals surface area (Å²) in [5, 5.41) is 0. The van der Waals surface area contributed by atoms with Crippen LogP contribution in [0.2, 0.25) is 0 Å². The Morgan fingerprint density at radius 1 is 0.958 bits per heavy atom. The number of ether oxygens (including phenoxy) is 3. The lowest BCUT2D eigenvalue weighted by Gasteiger charge is -2.18. The highest BCUT2D eigenvalue weighted by Crippen LogP contribution is 2.33. The van der Waals surface area contributed by atoms with Crippen LogP contribution in [0.4, 0.5) is 0 Å². The maximum atomic E-state index is 12.9. The monoisotopic (exact) mass is 322 g/mol. The first kappa shape index (κ1) is 14.8.